The first-order valence-electron chi connectivity index (χ1n) is 9.30. The second-order valence-corrected chi connectivity index (χ2v) is 8.29. The second kappa shape index (κ2) is 7.54. The highest BCUT2D eigenvalue weighted by molar-refractivity contribution is 7.71. The summed E-state index contributed by atoms with van der Waals surface area (Å²) in [4.78, 5) is 30.0. The van der Waals surface area contributed by atoms with E-state index >= 15 is 0 Å². The van der Waals surface area contributed by atoms with Crippen LogP contribution in [0.15, 0.2) is 51.5 Å². The van der Waals surface area contributed by atoms with Crippen LogP contribution in [0.4, 0.5) is 0 Å². The molecule has 0 aliphatic carbocycles. The largest absolute Gasteiger partial charge is 0.463 e. The number of carbonyl (C=O) groups is 2. The van der Waals surface area contributed by atoms with Gasteiger partial charge in [0.05, 0.1) is 15.8 Å². The van der Waals surface area contributed by atoms with Crippen LogP contribution in [0.3, 0.4) is 0 Å². The number of benzene rings is 1. The van der Waals surface area contributed by atoms with Crippen LogP contribution in [0.2, 0.25) is 0 Å². The molecule has 1 aliphatic heterocycles. The van der Waals surface area contributed by atoms with E-state index in [0.717, 1.165) is 15.8 Å². The van der Waals surface area contributed by atoms with Gasteiger partial charge in [-0.3, -0.25) is 9.59 Å². The van der Waals surface area contributed by atoms with E-state index in [1.807, 2.05) is 6.07 Å². The van der Waals surface area contributed by atoms with Crippen LogP contribution in [0.1, 0.15) is 20.0 Å². The molecule has 0 atom stereocenters. The van der Waals surface area contributed by atoms with Gasteiger partial charge >= 0.3 is 0 Å². The number of thiophene rings is 1. The molecule has 1 aromatic carbocycles. The second-order valence-electron chi connectivity index (χ2n) is 6.84. The quantitative estimate of drug-likeness (QED) is 0.487. The number of aromatic amines is 1. The molecule has 30 heavy (non-hydrogen) atoms. The number of hydrogen-bond acceptors (Lipinski definition) is 7. The summed E-state index contributed by atoms with van der Waals surface area (Å²) in [6.07, 6.45) is 1.62. The standard InChI is InChI=1S/C20H16N4O4S2/c25-18(13-3-1-12(2-4-13)17-21-22-20(29)28-17)23-6-8-24(9-7-23)19(26)16-11-14-15(30-16)5-10-27-14/h1-5,10-11H,6-9H2,(H,22,29). The predicted octanol–water partition coefficient (Wildman–Crippen LogP) is 3.81. The van der Waals surface area contributed by atoms with Crippen molar-refractivity contribution in [3.63, 3.8) is 0 Å². The van der Waals surface area contributed by atoms with Gasteiger partial charge in [0, 0.05) is 43.4 Å². The maximum absolute atomic E-state index is 12.8. The Morgan fingerprint density at radius 1 is 1.03 bits per heavy atom. The molecule has 1 N–H and O–H groups in total. The first-order chi connectivity index (χ1) is 14.6. The predicted molar refractivity (Wildman–Crippen MR) is 113 cm³/mol. The zero-order valence-electron chi connectivity index (χ0n) is 15.7. The van der Waals surface area contributed by atoms with E-state index < -0.39 is 0 Å². The van der Waals surface area contributed by atoms with E-state index in [1.165, 1.54) is 11.3 Å². The lowest BCUT2D eigenvalue weighted by Gasteiger charge is -2.34. The fourth-order valence-electron chi connectivity index (χ4n) is 3.43. The lowest BCUT2D eigenvalue weighted by Crippen LogP contribution is -2.50. The summed E-state index contributed by atoms with van der Waals surface area (Å²) in [7, 11) is 0. The van der Waals surface area contributed by atoms with Gasteiger partial charge in [0.2, 0.25) is 5.89 Å². The highest BCUT2D eigenvalue weighted by atomic mass is 32.1. The minimum atomic E-state index is -0.0646. The van der Waals surface area contributed by atoms with Crippen LogP contribution in [0.5, 0.6) is 0 Å². The molecule has 1 saturated heterocycles. The third kappa shape index (κ3) is 3.44. The molecule has 10 heteroatoms. The van der Waals surface area contributed by atoms with Crippen molar-refractivity contribution in [1.29, 1.82) is 0 Å². The fourth-order valence-corrected chi connectivity index (χ4v) is 4.51. The zero-order chi connectivity index (χ0) is 20.7. The van der Waals surface area contributed by atoms with E-state index in [9.17, 15) is 9.59 Å². The average molecular weight is 441 g/mol. The number of aromatic nitrogens is 2. The van der Waals surface area contributed by atoms with Crippen molar-refractivity contribution in [3.05, 3.63) is 57.9 Å². The van der Waals surface area contributed by atoms with Crippen molar-refractivity contribution >= 4 is 45.7 Å². The van der Waals surface area contributed by atoms with Gasteiger partial charge in [-0.2, -0.15) is 0 Å². The number of carbonyl (C=O) groups excluding carboxylic acids is 2. The molecule has 0 bridgehead atoms. The molecule has 1 fully saturated rings. The number of nitrogens with zero attached hydrogens (tertiary/aromatic N) is 3. The first-order valence-corrected chi connectivity index (χ1v) is 10.5. The first kappa shape index (κ1) is 18.8. The van der Waals surface area contributed by atoms with E-state index in [1.54, 1.807) is 46.4 Å². The van der Waals surface area contributed by atoms with Crippen LogP contribution in [0.25, 0.3) is 21.7 Å². The Kier molecular flexibility index (Phi) is 4.72. The number of fused-ring (bicyclic) bond motifs is 1. The molecular formula is C20H16N4O4S2. The summed E-state index contributed by atoms with van der Waals surface area (Å²) in [5.74, 6) is 0.295. The maximum Gasteiger partial charge on any atom is 0.284 e. The highest BCUT2D eigenvalue weighted by Crippen LogP contribution is 2.27. The topological polar surface area (TPSA) is 95.6 Å². The molecule has 152 valence electrons. The maximum atomic E-state index is 12.8. The molecule has 0 unspecified atom stereocenters. The minimum Gasteiger partial charge on any atom is -0.463 e. The minimum absolute atomic E-state index is 0.0216. The Morgan fingerprint density at radius 2 is 1.73 bits per heavy atom. The molecule has 0 saturated carbocycles. The molecule has 1 aliphatic rings. The molecule has 0 spiro atoms. The summed E-state index contributed by atoms with van der Waals surface area (Å²) in [6, 6.07) is 10.7. The van der Waals surface area contributed by atoms with Gasteiger partial charge in [-0.25, -0.2) is 5.10 Å². The number of H-pyrrole nitrogens is 1. The van der Waals surface area contributed by atoms with Gasteiger partial charge in [-0.1, -0.05) is 0 Å². The zero-order valence-corrected chi connectivity index (χ0v) is 17.3. The highest BCUT2D eigenvalue weighted by Gasteiger charge is 2.26. The number of piperazine rings is 1. The van der Waals surface area contributed by atoms with Gasteiger partial charge in [0.25, 0.3) is 16.7 Å². The van der Waals surface area contributed by atoms with Gasteiger partial charge in [-0.05, 0) is 42.5 Å². The molecular weight excluding hydrogens is 424 g/mol. The number of rotatable bonds is 3. The normalized spacial score (nSPS) is 14.4. The SMILES string of the molecule is O=C(c1ccc(-c2n[nH]c(=S)o2)cc1)N1CCN(C(=O)c2cc3occc3s2)CC1. The molecule has 5 rings (SSSR count). The molecule has 0 radical (unpaired) electrons. The number of furan rings is 1. The van der Waals surface area contributed by atoms with Gasteiger partial charge in [-0.15, -0.1) is 16.4 Å². The van der Waals surface area contributed by atoms with Crippen molar-refractivity contribution in [2.75, 3.05) is 26.2 Å². The van der Waals surface area contributed by atoms with Crippen LogP contribution in [-0.4, -0.2) is 58.0 Å². The third-order valence-corrected chi connectivity index (χ3v) is 6.27. The van der Waals surface area contributed by atoms with Crippen LogP contribution < -0.4 is 0 Å². The van der Waals surface area contributed by atoms with E-state index in [4.69, 9.17) is 21.1 Å². The summed E-state index contributed by atoms with van der Waals surface area (Å²) < 4.78 is 11.6. The summed E-state index contributed by atoms with van der Waals surface area (Å²) in [5.41, 5.74) is 2.04. The van der Waals surface area contributed by atoms with Crippen molar-refractivity contribution in [2.45, 2.75) is 0 Å². The van der Waals surface area contributed by atoms with E-state index in [-0.39, 0.29) is 16.7 Å². The lowest BCUT2D eigenvalue weighted by atomic mass is 10.1. The third-order valence-electron chi connectivity index (χ3n) is 5.02. The Labute approximate surface area is 179 Å². The molecule has 4 aromatic rings. The summed E-state index contributed by atoms with van der Waals surface area (Å²) in [6.45, 7) is 1.97. The lowest BCUT2D eigenvalue weighted by molar-refractivity contribution is 0.0538. The monoisotopic (exact) mass is 440 g/mol. The van der Waals surface area contributed by atoms with E-state index in [0.29, 0.717) is 42.5 Å². The molecule has 8 nitrogen and oxygen atoms in total. The Morgan fingerprint density at radius 3 is 2.37 bits per heavy atom. The Balaban J connectivity index is 1.22. The van der Waals surface area contributed by atoms with Crippen LogP contribution >= 0.6 is 23.6 Å². The summed E-state index contributed by atoms with van der Waals surface area (Å²) in [5, 5.41) is 6.55. The van der Waals surface area contributed by atoms with E-state index in [2.05, 4.69) is 10.2 Å². The number of hydrogen-bond donors (Lipinski definition) is 1. The van der Waals surface area contributed by atoms with Gasteiger partial charge < -0.3 is 18.6 Å². The van der Waals surface area contributed by atoms with Crippen molar-refractivity contribution in [3.8, 4) is 11.5 Å². The molecule has 2 amide bonds. The number of amides is 2. The van der Waals surface area contributed by atoms with Crippen molar-refractivity contribution in [1.82, 2.24) is 20.0 Å². The molecule has 3 aromatic heterocycles. The Bertz CT molecular complexity index is 1250. The average Bonchev–Trinajstić information content (AvgIpc) is 3.49. The number of nitrogens with one attached hydrogen (secondary N) is 1. The van der Waals surface area contributed by atoms with Gasteiger partial charge in [0.1, 0.15) is 5.58 Å². The Hall–Kier alpha value is -3.24. The fraction of sp³-hybridized carbons (Fsp3) is 0.200. The van der Waals surface area contributed by atoms with Crippen LogP contribution in [0, 0.1) is 4.84 Å². The van der Waals surface area contributed by atoms with Crippen molar-refractivity contribution in [2.24, 2.45) is 0 Å². The summed E-state index contributed by atoms with van der Waals surface area (Å²) >= 11 is 6.30. The van der Waals surface area contributed by atoms with Gasteiger partial charge in [0.15, 0.2) is 0 Å². The molecule has 4 heterocycles. The van der Waals surface area contributed by atoms with Crippen LogP contribution in [-0.2, 0) is 0 Å². The van der Waals surface area contributed by atoms with Crippen molar-refractivity contribution < 1.29 is 18.4 Å². The smallest absolute Gasteiger partial charge is 0.284 e.